The minimum absolute atomic E-state index is 0.417. The number of nitrogens with one attached hydrogen (secondary N) is 1. The molecule has 0 spiro atoms. The van der Waals surface area contributed by atoms with Crippen LogP contribution in [0.15, 0.2) is 12.3 Å². The van der Waals surface area contributed by atoms with E-state index in [9.17, 15) is 0 Å². The molecule has 3 nitrogen and oxygen atoms in total. The summed E-state index contributed by atoms with van der Waals surface area (Å²) in [5.41, 5.74) is 3.17. The second-order valence-corrected chi connectivity index (χ2v) is 4.72. The number of nitrogens with zero attached hydrogens (tertiary/aromatic N) is 1. The van der Waals surface area contributed by atoms with E-state index in [1.165, 1.54) is 11.1 Å². The molecule has 0 atom stereocenters. The Morgan fingerprint density at radius 1 is 1.29 bits per heavy atom. The van der Waals surface area contributed by atoms with Crippen LogP contribution in [-0.2, 0) is 13.1 Å². The molecule has 1 aromatic carbocycles. The second-order valence-electron chi connectivity index (χ2n) is 3.97. The largest absolute Gasteiger partial charge is 0.495 e. The molecule has 88 valence electrons. The number of hydrogen-bond acceptors (Lipinski definition) is 3. The number of pyridine rings is 1. The zero-order valence-electron chi connectivity index (χ0n) is 9.18. The maximum Gasteiger partial charge on any atom is 0.139 e. The molecular weight excluding hydrogens is 259 g/mol. The van der Waals surface area contributed by atoms with Crippen molar-refractivity contribution >= 4 is 34.1 Å². The van der Waals surface area contributed by atoms with Crippen molar-refractivity contribution in [3.63, 3.8) is 0 Å². The fraction of sp³-hybridized carbons (Fsp3) is 0.250. The third kappa shape index (κ3) is 1.58. The van der Waals surface area contributed by atoms with Gasteiger partial charge in [-0.3, -0.25) is 4.98 Å². The van der Waals surface area contributed by atoms with Gasteiger partial charge in [0, 0.05) is 24.7 Å². The molecule has 2 heterocycles. The average molecular weight is 269 g/mol. The van der Waals surface area contributed by atoms with E-state index < -0.39 is 0 Å². The molecule has 1 aliphatic heterocycles. The van der Waals surface area contributed by atoms with Gasteiger partial charge in [0.15, 0.2) is 0 Å². The average Bonchev–Trinajstić information content (AvgIpc) is 2.81. The van der Waals surface area contributed by atoms with E-state index in [1.807, 2.05) is 12.3 Å². The van der Waals surface area contributed by atoms with Gasteiger partial charge in [0.25, 0.3) is 0 Å². The Hall–Kier alpha value is -1.03. The lowest BCUT2D eigenvalue weighted by Gasteiger charge is -2.10. The normalized spacial score (nSPS) is 14.1. The van der Waals surface area contributed by atoms with Crippen LogP contribution in [0.3, 0.4) is 0 Å². The Balaban J connectivity index is 2.41. The highest BCUT2D eigenvalue weighted by molar-refractivity contribution is 6.46. The predicted octanol–water partition coefficient (Wildman–Crippen LogP) is 3.15. The van der Waals surface area contributed by atoms with Crippen molar-refractivity contribution in [2.45, 2.75) is 13.1 Å². The summed E-state index contributed by atoms with van der Waals surface area (Å²) in [7, 11) is 1.58. The summed E-state index contributed by atoms with van der Waals surface area (Å²) in [5.74, 6) is 0.589. The lowest BCUT2D eigenvalue weighted by Crippen LogP contribution is -2.00. The van der Waals surface area contributed by atoms with Gasteiger partial charge < -0.3 is 10.1 Å². The van der Waals surface area contributed by atoms with Gasteiger partial charge in [-0.2, -0.15) is 0 Å². The van der Waals surface area contributed by atoms with Crippen LogP contribution in [0.1, 0.15) is 11.1 Å². The van der Waals surface area contributed by atoms with Crippen LogP contribution in [0.4, 0.5) is 0 Å². The summed E-state index contributed by atoms with van der Waals surface area (Å²) in [6.07, 6.45) is 1.85. The lowest BCUT2D eigenvalue weighted by molar-refractivity contribution is 0.415. The molecule has 5 heteroatoms. The van der Waals surface area contributed by atoms with E-state index in [0.29, 0.717) is 15.8 Å². The van der Waals surface area contributed by atoms with Crippen LogP contribution in [0.2, 0.25) is 10.0 Å². The summed E-state index contributed by atoms with van der Waals surface area (Å²) in [5, 5.41) is 5.18. The van der Waals surface area contributed by atoms with E-state index in [-0.39, 0.29) is 0 Å². The second kappa shape index (κ2) is 4.02. The van der Waals surface area contributed by atoms with Crippen molar-refractivity contribution in [2.75, 3.05) is 7.11 Å². The first-order valence-corrected chi connectivity index (χ1v) is 6.01. The van der Waals surface area contributed by atoms with Crippen molar-refractivity contribution in [2.24, 2.45) is 0 Å². The quantitative estimate of drug-likeness (QED) is 0.863. The summed E-state index contributed by atoms with van der Waals surface area (Å²) in [6, 6.07) is 1.91. The molecule has 1 aliphatic rings. The minimum atomic E-state index is 0.417. The van der Waals surface area contributed by atoms with Crippen LogP contribution in [-0.4, -0.2) is 12.1 Å². The number of rotatable bonds is 1. The van der Waals surface area contributed by atoms with Crippen molar-refractivity contribution in [1.82, 2.24) is 10.3 Å². The number of fused-ring (bicyclic) bond motifs is 3. The van der Waals surface area contributed by atoms with Gasteiger partial charge in [-0.05, 0) is 17.2 Å². The Labute approximate surface area is 109 Å². The molecule has 0 saturated heterocycles. The molecule has 17 heavy (non-hydrogen) atoms. The molecule has 1 N–H and O–H groups in total. The first-order valence-electron chi connectivity index (χ1n) is 5.25. The van der Waals surface area contributed by atoms with Gasteiger partial charge in [0.2, 0.25) is 0 Å². The van der Waals surface area contributed by atoms with E-state index in [2.05, 4.69) is 10.3 Å². The zero-order chi connectivity index (χ0) is 12.0. The molecule has 0 unspecified atom stereocenters. The Morgan fingerprint density at radius 3 is 2.88 bits per heavy atom. The molecule has 0 bridgehead atoms. The van der Waals surface area contributed by atoms with Gasteiger partial charge in [-0.1, -0.05) is 23.2 Å². The smallest absolute Gasteiger partial charge is 0.139 e. The van der Waals surface area contributed by atoms with Crippen LogP contribution in [0.5, 0.6) is 5.75 Å². The van der Waals surface area contributed by atoms with Gasteiger partial charge in [-0.15, -0.1) is 0 Å². The van der Waals surface area contributed by atoms with Crippen LogP contribution in [0, 0.1) is 0 Å². The number of halogens is 2. The first kappa shape index (κ1) is 11.1. The predicted molar refractivity (Wildman–Crippen MR) is 68.9 cm³/mol. The molecule has 0 aliphatic carbocycles. The molecule has 1 aromatic heterocycles. The number of ether oxygens (including phenoxy) is 1. The number of aromatic nitrogens is 1. The topological polar surface area (TPSA) is 34.1 Å². The van der Waals surface area contributed by atoms with Crippen LogP contribution < -0.4 is 10.1 Å². The molecule has 2 aromatic rings. The lowest BCUT2D eigenvalue weighted by atomic mass is 10.1. The fourth-order valence-corrected chi connectivity index (χ4v) is 2.64. The fourth-order valence-electron chi connectivity index (χ4n) is 2.17. The molecule has 0 radical (unpaired) electrons. The van der Waals surface area contributed by atoms with Crippen molar-refractivity contribution < 1.29 is 4.74 Å². The zero-order valence-corrected chi connectivity index (χ0v) is 10.7. The van der Waals surface area contributed by atoms with Gasteiger partial charge in [0.1, 0.15) is 10.8 Å². The Bertz CT molecular complexity index is 613. The Morgan fingerprint density at radius 2 is 2.12 bits per heavy atom. The maximum absolute atomic E-state index is 6.22. The van der Waals surface area contributed by atoms with Crippen molar-refractivity contribution in [3.8, 4) is 5.75 Å². The summed E-state index contributed by atoms with van der Waals surface area (Å²) in [6.45, 7) is 1.68. The minimum Gasteiger partial charge on any atom is -0.495 e. The highest BCUT2D eigenvalue weighted by atomic mass is 35.5. The van der Waals surface area contributed by atoms with Crippen molar-refractivity contribution in [1.29, 1.82) is 0 Å². The first-order chi connectivity index (χ1) is 8.22. The number of hydrogen-bond donors (Lipinski definition) is 1. The monoisotopic (exact) mass is 268 g/mol. The maximum atomic E-state index is 6.22. The number of methoxy groups -OCH3 is 1. The summed E-state index contributed by atoms with van der Waals surface area (Å²) < 4.78 is 5.23. The summed E-state index contributed by atoms with van der Waals surface area (Å²) in [4.78, 5) is 4.38. The van der Waals surface area contributed by atoms with Crippen LogP contribution in [0.25, 0.3) is 10.9 Å². The van der Waals surface area contributed by atoms with E-state index in [4.69, 9.17) is 27.9 Å². The van der Waals surface area contributed by atoms with Gasteiger partial charge in [0.05, 0.1) is 17.6 Å². The van der Waals surface area contributed by atoms with Gasteiger partial charge >= 0.3 is 0 Å². The number of benzene rings is 1. The van der Waals surface area contributed by atoms with Gasteiger partial charge in [-0.25, -0.2) is 0 Å². The molecule has 3 rings (SSSR count). The molecule has 0 amide bonds. The summed E-state index contributed by atoms with van der Waals surface area (Å²) >= 11 is 12.3. The van der Waals surface area contributed by atoms with E-state index in [1.54, 1.807) is 7.11 Å². The van der Waals surface area contributed by atoms with Crippen molar-refractivity contribution in [3.05, 3.63) is 33.4 Å². The molecule has 0 fully saturated rings. The van der Waals surface area contributed by atoms with E-state index in [0.717, 1.165) is 24.0 Å². The third-order valence-electron chi connectivity index (χ3n) is 3.05. The van der Waals surface area contributed by atoms with Crippen LogP contribution >= 0.6 is 23.2 Å². The molecule has 0 saturated carbocycles. The third-order valence-corrected chi connectivity index (χ3v) is 3.89. The molecular formula is C12H10Cl2N2O. The highest BCUT2D eigenvalue weighted by Gasteiger charge is 2.19. The van der Waals surface area contributed by atoms with E-state index >= 15 is 0 Å². The Kier molecular flexibility index (Phi) is 2.62. The SMILES string of the molecule is COc1cc2c3c(cnc2c(Cl)c1Cl)CNC3. The standard InChI is InChI=1S/C12H10Cl2N2O/c1-17-9-2-7-8-5-15-3-6(8)4-16-12(7)11(14)10(9)13/h2,4,15H,3,5H2,1H3. The highest BCUT2D eigenvalue weighted by Crippen LogP contribution is 2.39.